The van der Waals surface area contributed by atoms with Gasteiger partial charge in [0.05, 0.1) is 5.69 Å². The molecule has 0 saturated heterocycles. The smallest absolute Gasteiger partial charge is 0.271 e. The van der Waals surface area contributed by atoms with E-state index in [0.717, 1.165) is 0 Å². The average molecular weight is 239 g/mol. The lowest BCUT2D eigenvalue weighted by Crippen LogP contribution is -2.21. The molecule has 0 fully saturated rings. The van der Waals surface area contributed by atoms with Crippen LogP contribution in [0.2, 0.25) is 0 Å². The molecule has 0 aliphatic heterocycles. The van der Waals surface area contributed by atoms with Crippen molar-refractivity contribution in [2.45, 2.75) is 19.4 Å². The summed E-state index contributed by atoms with van der Waals surface area (Å²) in [5, 5.41) is 3.94. The van der Waals surface area contributed by atoms with Crippen LogP contribution in [0.1, 0.15) is 23.3 Å². The number of primary amides is 1. The van der Waals surface area contributed by atoms with E-state index in [2.05, 4.69) is 5.10 Å². The Morgan fingerprint density at radius 2 is 2.12 bits per heavy atom. The fourth-order valence-electron chi connectivity index (χ4n) is 1.36. The molecular formula is C10H17N5O2. The molecule has 0 radical (unpaired) electrons. The summed E-state index contributed by atoms with van der Waals surface area (Å²) < 4.78 is 1.53. The Kier molecular flexibility index (Phi) is 4.08. The molecule has 0 spiro atoms. The first-order chi connectivity index (χ1) is 7.91. The van der Waals surface area contributed by atoms with Gasteiger partial charge in [-0.15, -0.1) is 0 Å². The summed E-state index contributed by atoms with van der Waals surface area (Å²) in [5.41, 5.74) is 11.0. The molecule has 0 aliphatic rings. The summed E-state index contributed by atoms with van der Waals surface area (Å²) in [4.78, 5) is 23.8. The van der Waals surface area contributed by atoms with Crippen LogP contribution in [-0.2, 0) is 11.3 Å². The van der Waals surface area contributed by atoms with Crippen LogP contribution in [0, 0.1) is 0 Å². The quantitative estimate of drug-likeness (QED) is 0.717. The number of carbonyl (C=O) groups excluding carboxylic acids is 2. The number of hydrogen-bond donors (Lipinski definition) is 2. The molecule has 0 atom stereocenters. The lowest BCUT2D eigenvalue weighted by atomic mass is 10.3. The van der Waals surface area contributed by atoms with Crippen molar-refractivity contribution in [1.29, 1.82) is 0 Å². The molecular weight excluding hydrogens is 222 g/mol. The number of hydrogen-bond acceptors (Lipinski definition) is 4. The highest BCUT2D eigenvalue weighted by Crippen LogP contribution is 2.09. The van der Waals surface area contributed by atoms with Crippen molar-refractivity contribution in [3.63, 3.8) is 0 Å². The van der Waals surface area contributed by atoms with Gasteiger partial charge in [0.1, 0.15) is 0 Å². The third-order valence-electron chi connectivity index (χ3n) is 2.30. The van der Waals surface area contributed by atoms with Crippen molar-refractivity contribution >= 4 is 17.5 Å². The second-order valence-corrected chi connectivity index (χ2v) is 3.95. The Bertz CT molecular complexity index is 424. The maximum atomic E-state index is 11.3. The minimum absolute atomic E-state index is 0.0558. The van der Waals surface area contributed by atoms with Gasteiger partial charge in [-0.25, -0.2) is 0 Å². The van der Waals surface area contributed by atoms with Crippen molar-refractivity contribution in [3.05, 3.63) is 11.9 Å². The van der Waals surface area contributed by atoms with Crippen molar-refractivity contribution in [2.24, 2.45) is 5.73 Å². The zero-order valence-electron chi connectivity index (χ0n) is 10.0. The summed E-state index contributed by atoms with van der Waals surface area (Å²) in [7, 11) is 3.42. The van der Waals surface area contributed by atoms with Gasteiger partial charge in [0.2, 0.25) is 5.91 Å². The molecule has 0 unspecified atom stereocenters. The monoisotopic (exact) mass is 239 g/mol. The zero-order valence-corrected chi connectivity index (χ0v) is 10.0. The molecule has 1 heterocycles. The van der Waals surface area contributed by atoms with E-state index in [1.165, 1.54) is 9.58 Å². The van der Waals surface area contributed by atoms with Gasteiger partial charge in [0.25, 0.3) is 5.91 Å². The van der Waals surface area contributed by atoms with Crippen LogP contribution >= 0.6 is 0 Å². The number of aryl methyl sites for hydroxylation is 1. The number of aromatic nitrogens is 2. The molecule has 17 heavy (non-hydrogen) atoms. The van der Waals surface area contributed by atoms with Crippen LogP contribution in [0.4, 0.5) is 5.69 Å². The third-order valence-corrected chi connectivity index (χ3v) is 2.30. The number of nitrogens with zero attached hydrogens (tertiary/aromatic N) is 3. The zero-order chi connectivity index (χ0) is 13.0. The molecule has 4 N–H and O–H groups in total. The van der Waals surface area contributed by atoms with Crippen molar-refractivity contribution in [1.82, 2.24) is 14.7 Å². The van der Waals surface area contributed by atoms with Gasteiger partial charge in [-0.05, 0) is 6.42 Å². The first-order valence-corrected chi connectivity index (χ1v) is 5.24. The minimum Gasteiger partial charge on any atom is -0.396 e. The Morgan fingerprint density at radius 1 is 1.47 bits per heavy atom. The molecule has 0 aliphatic carbocycles. The summed E-state index contributed by atoms with van der Waals surface area (Å²) in [6.45, 7) is 0.525. The summed E-state index contributed by atoms with van der Waals surface area (Å²) >= 11 is 0. The van der Waals surface area contributed by atoms with E-state index in [9.17, 15) is 9.59 Å². The number of amides is 2. The van der Waals surface area contributed by atoms with Crippen LogP contribution in [-0.4, -0.2) is 40.6 Å². The Morgan fingerprint density at radius 3 is 2.59 bits per heavy atom. The molecule has 94 valence electrons. The highest BCUT2D eigenvalue weighted by atomic mass is 16.2. The normalized spacial score (nSPS) is 10.2. The maximum absolute atomic E-state index is 11.3. The first kappa shape index (κ1) is 13.0. The van der Waals surface area contributed by atoms with E-state index < -0.39 is 5.91 Å². The van der Waals surface area contributed by atoms with E-state index >= 15 is 0 Å². The molecule has 7 nitrogen and oxygen atoms in total. The van der Waals surface area contributed by atoms with E-state index in [4.69, 9.17) is 11.5 Å². The third kappa shape index (κ3) is 3.47. The van der Waals surface area contributed by atoms with Gasteiger partial charge in [-0.3, -0.25) is 14.3 Å². The van der Waals surface area contributed by atoms with Crippen molar-refractivity contribution in [2.75, 3.05) is 19.8 Å². The van der Waals surface area contributed by atoms with Crippen LogP contribution in [0.25, 0.3) is 0 Å². The largest absolute Gasteiger partial charge is 0.396 e. The number of anilines is 1. The fourth-order valence-corrected chi connectivity index (χ4v) is 1.36. The van der Waals surface area contributed by atoms with E-state index in [0.29, 0.717) is 19.4 Å². The lowest BCUT2D eigenvalue weighted by molar-refractivity contribution is -0.128. The Hall–Kier alpha value is -2.05. The number of carbonyl (C=O) groups is 2. The molecule has 1 aromatic heterocycles. The average Bonchev–Trinajstić information content (AvgIpc) is 2.59. The number of nitrogen functional groups attached to an aromatic ring is 1. The van der Waals surface area contributed by atoms with Gasteiger partial charge in [0.15, 0.2) is 5.69 Å². The number of rotatable bonds is 5. The van der Waals surface area contributed by atoms with Crippen LogP contribution < -0.4 is 11.5 Å². The molecule has 1 aromatic rings. The van der Waals surface area contributed by atoms with Gasteiger partial charge in [-0.2, -0.15) is 5.10 Å². The fraction of sp³-hybridized carbons (Fsp3) is 0.500. The van der Waals surface area contributed by atoms with Gasteiger partial charge >= 0.3 is 0 Å². The standard InChI is InChI=1S/C10H17N5O2/c1-14(2)8(16)4-3-5-15-6-7(11)9(13-15)10(12)17/h6H,3-5,11H2,1-2H3,(H2,12,17). The highest BCUT2D eigenvalue weighted by Gasteiger charge is 2.11. The lowest BCUT2D eigenvalue weighted by Gasteiger charge is -2.09. The Balaban J connectivity index is 2.50. The highest BCUT2D eigenvalue weighted by molar-refractivity contribution is 5.95. The van der Waals surface area contributed by atoms with Crippen molar-refractivity contribution in [3.8, 4) is 0 Å². The van der Waals surface area contributed by atoms with Gasteiger partial charge in [0, 0.05) is 33.3 Å². The summed E-state index contributed by atoms with van der Waals surface area (Å²) in [6, 6.07) is 0. The predicted octanol–water partition coefficient (Wildman–Crippen LogP) is -0.567. The Labute approximate surface area is 99.4 Å². The van der Waals surface area contributed by atoms with Gasteiger partial charge in [-0.1, -0.05) is 0 Å². The number of nitrogens with two attached hydrogens (primary N) is 2. The SMILES string of the molecule is CN(C)C(=O)CCCn1cc(N)c(C(N)=O)n1. The first-order valence-electron chi connectivity index (χ1n) is 5.24. The predicted molar refractivity (Wildman–Crippen MR) is 63.1 cm³/mol. The van der Waals surface area contributed by atoms with E-state index in [1.54, 1.807) is 20.3 Å². The van der Waals surface area contributed by atoms with Crippen molar-refractivity contribution < 1.29 is 9.59 Å². The molecule has 1 rings (SSSR count). The minimum atomic E-state index is -0.648. The second-order valence-electron chi connectivity index (χ2n) is 3.95. The van der Waals surface area contributed by atoms with Crippen LogP contribution in [0.3, 0.4) is 0 Å². The van der Waals surface area contributed by atoms with Gasteiger partial charge < -0.3 is 16.4 Å². The van der Waals surface area contributed by atoms with Crippen LogP contribution in [0.15, 0.2) is 6.20 Å². The summed E-state index contributed by atoms with van der Waals surface area (Å²) in [5.74, 6) is -0.592. The molecule has 0 saturated carbocycles. The summed E-state index contributed by atoms with van der Waals surface area (Å²) in [6.07, 6.45) is 2.61. The van der Waals surface area contributed by atoms with E-state index in [-0.39, 0.29) is 17.3 Å². The topological polar surface area (TPSA) is 107 Å². The maximum Gasteiger partial charge on any atom is 0.271 e. The molecule has 2 amide bonds. The molecule has 0 bridgehead atoms. The molecule has 0 aromatic carbocycles. The van der Waals surface area contributed by atoms with E-state index in [1.807, 2.05) is 0 Å². The second kappa shape index (κ2) is 5.33. The molecule has 7 heteroatoms. The van der Waals surface area contributed by atoms with Crippen LogP contribution in [0.5, 0.6) is 0 Å².